The minimum atomic E-state index is 0.511. The Bertz CT molecular complexity index is 1600. The maximum Gasteiger partial charge on any atom is 0.137 e. The van der Waals surface area contributed by atoms with Crippen LogP contribution in [-0.4, -0.2) is 11.5 Å². The molecule has 2 N–H and O–H groups in total. The topological polar surface area (TPSA) is 41.0 Å². The number of rotatable bonds is 6. The molecule has 3 heteroatoms. The zero-order valence-corrected chi connectivity index (χ0v) is 30.1. The van der Waals surface area contributed by atoms with E-state index in [9.17, 15) is 0 Å². The van der Waals surface area contributed by atoms with E-state index in [2.05, 4.69) is 136 Å². The van der Waals surface area contributed by atoms with Crippen LogP contribution in [0.5, 0.6) is 0 Å². The first-order valence-corrected chi connectivity index (χ1v) is 17.3. The van der Waals surface area contributed by atoms with Gasteiger partial charge in [-0.1, -0.05) is 107 Å². The SMILES string of the molecule is CC(C)c1cc(C(C)C)c2[nH]ccc2c1.CC(C)c1cc(C(C)C)c2occc2c1.CC(C)c1cc2c(c(C(C)C)c1)NCC2. The van der Waals surface area contributed by atoms with Gasteiger partial charge in [0.15, 0.2) is 0 Å². The predicted octanol–water partition coefficient (Wildman–Crippen LogP) is 13.0. The van der Waals surface area contributed by atoms with E-state index in [1.807, 2.05) is 12.3 Å². The molecule has 0 fully saturated rings. The van der Waals surface area contributed by atoms with Crippen LogP contribution in [0.4, 0.5) is 5.69 Å². The van der Waals surface area contributed by atoms with Gasteiger partial charge in [-0.3, -0.25) is 0 Å². The van der Waals surface area contributed by atoms with E-state index in [0.717, 1.165) is 12.1 Å². The number of hydrogen-bond donors (Lipinski definition) is 2. The molecular weight excluding hydrogens is 548 g/mol. The lowest BCUT2D eigenvalue weighted by Crippen LogP contribution is -1.99. The Kier molecular flexibility index (Phi) is 11.3. The van der Waals surface area contributed by atoms with Crippen LogP contribution in [0.1, 0.15) is 158 Å². The Morgan fingerprint density at radius 1 is 0.556 bits per heavy atom. The Morgan fingerprint density at radius 3 is 1.67 bits per heavy atom. The third-order valence-electron chi connectivity index (χ3n) is 9.15. The molecule has 1 aliphatic heterocycles. The first-order chi connectivity index (χ1) is 21.3. The normalized spacial score (nSPS) is 12.8. The van der Waals surface area contributed by atoms with Crippen LogP contribution in [0.3, 0.4) is 0 Å². The largest absolute Gasteiger partial charge is 0.464 e. The predicted molar refractivity (Wildman–Crippen MR) is 198 cm³/mol. The van der Waals surface area contributed by atoms with Crippen molar-refractivity contribution in [1.29, 1.82) is 0 Å². The van der Waals surface area contributed by atoms with E-state index in [0.29, 0.717) is 35.5 Å². The van der Waals surface area contributed by atoms with E-state index in [1.54, 1.807) is 6.26 Å². The molecule has 242 valence electrons. The van der Waals surface area contributed by atoms with Crippen LogP contribution in [0.15, 0.2) is 65.4 Å². The highest BCUT2D eigenvalue weighted by atomic mass is 16.3. The van der Waals surface area contributed by atoms with Crippen molar-refractivity contribution in [2.24, 2.45) is 0 Å². The quantitative estimate of drug-likeness (QED) is 0.202. The van der Waals surface area contributed by atoms with Crippen LogP contribution in [0.2, 0.25) is 0 Å². The van der Waals surface area contributed by atoms with Gasteiger partial charge in [-0.05, 0) is 111 Å². The molecule has 6 rings (SSSR count). The highest BCUT2D eigenvalue weighted by Crippen LogP contribution is 2.35. The fourth-order valence-corrected chi connectivity index (χ4v) is 6.19. The zero-order valence-electron chi connectivity index (χ0n) is 30.1. The Balaban J connectivity index is 0.000000154. The van der Waals surface area contributed by atoms with Crippen molar-refractivity contribution in [2.75, 3.05) is 11.9 Å². The number of hydrogen-bond acceptors (Lipinski definition) is 2. The van der Waals surface area contributed by atoms with Gasteiger partial charge in [0.2, 0.25) is 0 Å². The van der Waals surface area contributed by atoms with E-state index < -0.39 is 0 Å². The molecule has 5 aromatic rings. The fraction of sp³-hybridized carbons (Fsp3) is 0.476. The summed E-state index contributed by atoms with van der Waals surface area (Å²) < 4.78 is 5.55. The van der Waals surface area contributed by atoms with Crippen molar-refractivity contribution >= 4 is 27.6 Å². The lowest BCUT2D eigenvalue weighted by atomic mass is 9.91. The summed E-state index contributed by atoms with van der Waals surface area (Å²) in [6.45, 7) is 28.1. The molecule has 0 saturated carbocycles. The van der Waals surface area contributed by atoms with Crippen LogP contribution in [-0.2, 0) is 6.42 Å². The van der Waals surface area contributed by atoms with Crippen molar-refractivity contribution in [3.05, 3.63) is 99.9 Å². The third kappa shape index (κ3) is 8.04. The molecule has 45 heavy (non-hydrogen) atoms. The molecule has 0 amide bonds. The Labute approximate surface area is 273 Å². The number of benzene rings is 3. The van der Waals surface area contributed by atoms with Crippen molar-refractivity contribution in [3.8, 4) is 0 Å². The van der Waals surface area contributed by atoms with Crippen LogP contribution < -0.4 is 5.32 Å². The van der Waals surface area contributed by atoms with Crippen LogP contribution in [0, 0.1) is 0 Å². The summed E-state index contributed by atoms with van der Waals surface area (Å²) >= 11 is 0. The van der Waals surface area contributed by atoms with Gasteiger partial charge in [0, 0.05) is 29.3 Å². The van der Waals surface area contributed by atoms with Crippen molar-refractivity contribution in [2.45, 2.75) is 125 Å². The smallest absolute Gasteiger partial charge is 0.137 e. The van der Waals surface area contributed by atoms with Crippen LogP contribution in [0.25, 0.3) is 21.9 Å². The fourth-order valence-electron chi connectivity index (χ4n) is 6.19. The number of aromatic nitrogens is 1. The molecular formula is C42H58N2O. The molecule has 0 radical (unpaired) electrons. The molecule has 0 atom stereocenters. The standard InChI is InChI=1S/C14H21N.C14H19N.C14H18O/c3*1-9(2)12-7-11-5-6-15-14(11)13(8-12)10(3)4/h7-10,15H,5-6H2,1-4H3;5-10,15H,1-4H3;5-10H,1-4H3. The second kappa shape index (κ2) is 14.8. The summed E-state index contributed by atoms with van der Waals surface area (Å²) in [6.07, 6.45) is 5.00. The third-order valence-corrected chi connectivity index (χ3v) is 9.15. The van der Waals surface area contributed by atoms with E-state index in [4.69, 9.17) is 4.42 Å². The van der Waals surface area contributed by atoms with Crippen molar-refractivity contribution in [3.63, 3.8) is 0 Å². The number of nitrogens with one attached hydrogen (secondary N) is 2. The average molecular weight is 607 g/mol. The van der Waals surface area contributed by atoms with Gasteiger partial charge in [0.1, 0.15) is 5.58 Å². The Hall–Kier alpha value is -3.46. The number of furan rings is 1. The van der Waals surface area contributed by atoms with Crippen molar-refractivity contribution in [1.82, 2.24) is 4.98 Å². The van der Waals surface area contributed by atoms with Gasteiger partial charge in [-0.25, -0.2) is 0 Å². The molecule has 2 aromatic heterocycles. The lowest BCUT2D eigenvalue weighted by Gasteiger charge is -2.16. The number of fused-ring (bicyclic) bond motifs is 3. The summed E-state index contributed by atoms with van der Waals surface area (Å²) in [5.41, 5.74) is 13.8. The van der Waals surface area contributed by atoms with E-state index in [-0.39, 0.29) is 0 Å². The first-order valence-electron chi connectivity index (χ1n) is 17.3. The average Bonchev–Trinajstić information content (AvgIpc) is 3.76. The van der Waals surface area contributed by atoms with Gasteiger partial charge in [-0.2, -0.15) is 0 Å². The molecule has 0 aliphatic carbocycles. The lowest BCUT2D eigenvalue weighted by molar-refractivity contribution is 0.607. The number of anilines is 1. The second-order valence-electron chi connectivity index (χ2n) is 14.8. The highest BCUT2D eigenvalue weighted by Gasteiger charge is 2.18. The monoisotopic (exact) mass is 606 g/mol. The summed E-state index contributed by atoms with van der Waals surface area (Å²) in [4.78, 5) is 3.34. The van der Waals surface area contributed by atoms with E-state index >= 15 is 0 Å². The van der Waals surface area contributed by atoms with Gasteiger partial charge in [0.05, 0.1) is 6.26 Å². The van der Waals surface area contributed by atoms with Crippen molar-refractivity contribution < 1.29 is 4.42 Å². The Morgan fingerprint density at radius 2 is 1.09 bits per heavy atom. The van der Waals surface area contributed by atoms with Gasteiger partial charge in [-0.15, -0.1) is 0 Å². The molecule has 3 aromatic carbocycles. The molecule has 0 unspecified atom stereocenters. The maximum atomic E-state index is 5.55. The van der Waals surface area contributed by atoms with Gasteiger partial charge >= 0.3 is 0 Å². The van der Waals surface area contributed by atoms with Crippen LogP contribution >= 0.6 is 0 Å². The summed E-state index contributed by atoms with van der Waals surface area (Å²) in [7, 11) is 0. The van der Waals surface area contributed by atoms with E-state index in [1.165, 1.54) is 67.3 Å². The molecule has 3 heterocycles. The van der Waals surface area contributed by atoms with Gasteiger partial charge in [0.25, 0.3) is 0 Å². The number of aromatic amines is 1. The maximum absolute atomic E-state index is 5.55. The van der Waals surface area contributed by atoms with Gasteiger partial charge < -0.3 is 14.7 Å². The molecule has 1 aliphatic rings. The summed E-state index contributed by atoms with van der Waals surface area (Å²) in [5, 5.41) is 6.08. The second-order valence-corrected chi connectivity index (χ2v) is 14.8. The first kappa shape index (κ1) is 34.4. The summed E-state index contributed by atoms with van der Waals surface area (Å²) in [6, 6.07) is 18.1. The molecule has 0 spiro atoms. The molecule has 0 bridgehead atoms. The highest BCUT2D eigenvalue weighted by molar-refractivity contribution is 5.84. The zero-order chi connectivity index (χ0) is 33.0. The molecule has 3 nitrogen and oxygen atoms in total. The number of H-pyrrole nitrogens is 1. The minimum absolute atomic E-state index is 0.511. The molecule has 0 saturated heterocycles. The minimum Gasteiger partial charge on any atom is -0.464 e. The summed E-state index contributed by atoms with van der Waals surface area (Å²) in [5.74, 6) is 3.50.